The van der Waals surface area contributed by atoms with Crippen molar-refractivity contribution in [3.63, 3.8) is 0 Å². The standard InChI is InChI=1S/C37H42N6O.C8H8O.C6H13N/c1-38-22-6-5-11-34-39-24-31(41-34)28-16-12-26(13-17-28)27-14-18-29(19-15-27)32-25-40-35(42-32)33-10-7-23-43(33)36(44)37(20-21-37)30-8-3-2-4-9-30;9-7-6-8-4-2-1-3-5-8;1-7-5-3-2-4-6-7/h2-4,8-9,12-19,24,32-33,38H,5-7,10-11,20-23,25H2,1H3,(H,39,41)(H,40,42);1-5,7H,6H2;2-6H2,1H3. The first-order valence-electron chi connectivity index (χ1n) is 22.2. The van der Waals surface area contributed by atoms with Crippen molar-refractivity contribution in [2.75, 3.05) is 46.8 Å². The average Bonchev–Trinajstić information content (AvgIpc) is 3.60. The molecule has 4 aliphatic rings. The average molecular weight is 806 g/mol. The number of aliphatic imine (C=N–C) groups is 1. The van der Waals surface area contributed by atoms with Gasteiger partial charge in [-0.15, -0.1) is 0 Å². The second kappa shape index (κ2) is 21.2. The number of carbonyl (C=O) groups excluding carboxylic acids is 2. The van der Waals surface area contributed by atoms with E-state index >= 15 is 0 Å². The third-order valence-electron chi connectivity index (χ3n) is 12.4. The number of aromatic nitrogens is 2. The molecule has 3 N–H and O–H groups in total. The van der Waals surface area contributed by atoms with Crippen LogP contribution in [-0.2, 0) is 27.8 Å². The van der Waals surface area contributed by atoms with Crippen molar-refractivity contribution in [1.29, 1.82) is 0 Å². The van der Waals surface area contributed by atoms with Crippen LogP contribution in [0.25, 0.3) is 22.4 Å². The quantitative estimate of drug-likeness (QED) is 0.0814. The zero-order valence-corrected chi connectivity index (χ0v) is 35.6. The molecule has 9 heteroatoms. The number of nitrogens with zero attached hydrogens (tertiary/aromatic N) is 4. The summed E-state index contributed by atoms with van der Waals surface area (Å²) in [5, 5.41) is 6.89. The summed E-state index contributed by atoms with van der Waals surface area (Å²) in [6.45, 7) is 5.20. The zero-order chi connectivity index (χ0) is 41.6. The highest BCUT2D eigenvalue weighted by Gasteiger charge is 2.55. The third-order valence-corrected chi connectivity index (χ3v) is 12.4. The van der Waals surface area contributed by atoms with E-state index in [4.69, 9.17) is 4.99 Å². The van der Waals surface area contributed by atoms with E-state index in [9.17, 15) is 9.59 Å². The molecule has 1 saturated carbocycles. The molecule has 0 spiro atoms. The molecule has 3 aliphatic heterocycles. The maximum Gasteiger partial charge on any atom is 0.233 e. The fraction of sp³-hybridized carbons (Fsp3) is 0.412. The number of H-pyrrole nitrogens is 1. The highest BCUT2D eigenvalue weighted by Crippen LogP contribution is 2.50. The first-order chi connectivity index (χ1) is 29.5. The molecule has 9 nitrogen and oxygen atoms in total. The van der Waals surface area contributed by atoms with Crippen LogP contribution < -0.4 is 10.6 Å². The number of carbonyl (C=O) groups is 2. The number of unbranched alkanes of at least 4 members (excludes halogenated alkanes) is 1. The van der Waals surface area contributed by atoms with Crippen LogP contribution in [0, 0.1) is 0 Å². The van der Waals surface area contributed by atoms with Crippen molar-refractivity contribution < 1.29 is 9.59 Å². The SMILES string of the molecule is CN1CCCCC1.CNCCCCc1ncc(-c2ccc(-c3ccc(C4CN=C(C5CCCN5C(=O)C5(c6ccccc6)CC5)N4)cc3)cc2)[nH]1.O=CCc1ccccc1. The molecule has 0 bridgehead atoms. The van der Waals surface area contributed by atoms with Gasteiger partial charge >= 0.3 is 0 Å². The second-order valence-electron chi connectivity index (χ2n) is 16.8. The Morgan fingerprint density at radius 1 is 0.817 bits per heavy atom. The minimum absolute atomic E-state index is 0.0517. The summed E-state index contributed by atoms with van der Waals surface area (Å²) >= 11 is 0. The van der Waals surface area contributed by atoms with Gasteiger partial charge in [0.05, 0.1) is 35.9 Å². The van der Waals surface area contributed by atoms with Gasteiger partial charge in [0, 0.05) is 19.4 Å². The lowest BCUT2D eigenvalue weighted by molar-refractivity contribution is -0.133. The Hall–Kier alpha value is -5.38. The normalized spacial score (nSPS) is 19.2. The predicted molar refractivity (Wildman–Crippen MR) is 244 cm³/mol. The Balaban J connectivity index is 0.000000283. The molecule has 5 aromatic rings. The second-order valence-corrected chi connectivity index (χ2v) is 16.8. The van der Waals surface area contributed by atoms with Crippen molar-refractivity contribution in [3.8, 4) is 22.4 Å². The van der Waals surface area contributed by atoms with E-state index in [1.807, 2.05) is 61.8 Å². The van der Waals surface area contributed by atoms with Crippen molar-refractivity contribution >= 4 is 18.0 Å². The summed E-state index contributed by atoms with van der Waals surface area (Å²) in [4.78, 5) is 41.3. The Morgan fingerprint density at radius 3 is 2.12 bits per heavy atom. The number of aromatic amines is 1. The minimum Gasteiger partial charge on any atom is -0.363 e. The number of likely N-dealkylation sites (tertiary alicyclic amines) is 2. The number of aryl methyl sites for hydroxylation is 1. The van der Waals surface area contributed by atoms with E-state index in [1.165, 1.54) is 49.0 Å². The Kier molecular flexibility index (Phi) is 15.1. The summed E-state index contributed by atoms with van der Waals surface area (Å²) in [7, 11) is 4.19. The molecule has 4 heterocycles. The third kappa shape index (κ3) is 11.1. The number of amidine groups is 1. The van der Waals surface area contributed by atoms with Crippen molar-refractivity contribution in [2.24, 2.45) is 4.99 Å². The highest BCUT2D eigenvalue weighted by atomic mass is 16.2. The lowest BCUT2D eigenvalue weighted by atomic mass is 9.94. The van der Waals surface area contributed by atoms with E-state index in [2.05, 4.69) is 98.1 Å². The van der Waals surface area contributed by atoms with Gasteiger partial charge < -0.3 is 30.2 Å². The predicted octanol–water partition coefficient (Wildman–Crippen LogP) is 8.58. The molecule has 4 aromatic carbocycles. The molecule has 3 fully saturated rings. The summed E-state index contributed by atoms with van der Waals surface area (Å²) in [5.41, 5.74) is 7.72. The maximum absolute atomic E-state index is 13.8. The minimum atomic E-state index is -0.330. The van der Waals surface area contributed by atoms with Gasteiger partial charge in [-0.2, -0.15) is 0 Å². The highest BCUT2D eigenvalue weighted by molar-refractivity contribution is 5.98. The fourth-order valence-electron chi connectivity index (χ4n) is 8.67. The van der Waals surface area contributed by atoms with Gasteiger partial charge in [-0.3, -0.25) is 9.79 Å². The van der Waals surface area contributed by atoms with Gasteiger partial charge in [0.1, 0.15) is 17.9 Å². The molecule has 60 heavy (non-hydrogen) atoms. The number of imidazole rings is 1. The monoisotopic (exact) mass is 806 g/mol. The van der Waals surface area contributed by atoms with E-state index < -0.39 is 0 Å². The fourth-order valence-corrected chi connectivity index (χ4v) is 8.67. The lowest BCUT2D eigenvalue weighted by Gasteiger charge is -2.30. The molecular weight excluding hydrogens is 743 g/mol. The first kappa shape index (κ1) is 42.7. The number of rotatable bonds is 13. The van der Waals surface area contributed by atoms with Crippen LogP contribution in [-0.4, -0.2) is 90.7 Å². The molecule has 9 rings (SSSR count). The molecule has 1 aliphatic carbocycles. The van der Waals surface area contributed by atoms with Crippen LogP contribution >= 0.6 is 0 Å². The van der Waals surface area contributed by atoms with Crippen LogP contribution in [0.4, 0.5) is 0 Å². The molecule has 1 amide bonds. The van der Waals surface area contributed by atoms with Gasteiger partial charge in [-0.1, -0.05) is 116 Å². The van der Waals surface area contributed by atoms with E-state index in [0.717, 1.165) is 98.4 Å². The number of hydrogen-bond donors (Lipinski definition) is 3. The van der Waals surface area contributed by atoms with Crippen molar-refractivity contribution in [3.05, 3.63) is 138 Å². The molecule has 2 saturated heterocycles. The molecule has 1 aromatic heterocycles. The Bertz CT molecular complexity index is 2100. The smallest absolute Gasteiger partial charge is 0.233 e. The Labute approximate surface area is 357 Å². The summed E-state index contributed by atoms with van der Waals surface area (Å²) in [6, 6.07) is 37.7. The molecule has 0 radical (unpaired) electrons. The number of piperidine rings is 1. The maximum atomic E-state index is 13.8. The number of nitrogens with one attached hydrogen (secondary N) is 3. The van der Waals surface area contributed by atoms with E-state index in [0.29, 0.717) is 13.0 Å². The zero-order valence-electron chi connectivity index (χ0n) is 35.6. The first-order valence-corrected chi connectivity index (χ1v) is 22.2. The number of aldehydes is 1. The lowest BCUT2D eigenvalue weighted by Crippen LogP contribution is -2.48. The van der Waals surface area contributed by atoms with Crippen LogP contribution in [0.3, 0.4) is 0 Å². The van der Waals surface area contributed by atoms with Gasteiger partial charge in [-0.25, -0.2) is 4.98 Å². The largest absolute Gasteiger partial charge is 0.363 e. The van der Waals surface area contributed by atoms with E-state index in [1.54, 1.807) is 0 Å². The van der Waals surface area contributed by atoms with Crippen molar-refractivity contribution in [2.45, 2.75) is 88.1 Å². The van der Waals surface area contributed by atoms with Crippen LogP contribution in [0.1, 0.15) is 86.3 Å². The summed E-state index contributed by atoms with van der Waals surface area (Å²) < 4.78 is 0. The molecule has 314 valence electrons. The van der Waals surface area contributed by atoms with Gasteiger partial charge in [0.15, 0.2) is 0 Å². The summed E-state index contributed by atoms with van der Waals surface area (Å²) in [6.07, 6.45) is 14.8. The van der Waals surface area contributed by atoms with Gasteiger partial charge in [-0.05, 0) is 118 Å². The Morgan fingerprint density at radius 2 is 1.48 bits per heavy atom. The number of amides is 1. The van der Waals surface area contributed by atoms with Crippen LogP contribution in [0.15, 0.2) is 120 Å². The molecule has 2 atom stereocenters. The molecule has 2 unspecified atom stereocenters. The number of hydrogen-bond acceptors (Lipinski definition) is 7. The van der Waals surface area contributed by atoms with Crippen LogP contribution in [0.2, 0.25) is 0 Å². The number of benzene rings is 4. The van der Waals surface area contributed by atoms with Gasteiger partial charge in [0.2, 0.25) is 5.91 Å². The molecular formula is C51H63N7O2. The summed E-state index contributed by atoms with van der Waals surface area (Å²) in [5.74, 6) is 2.31. The topological polar surface area (TPSA) is 106 Å². The van der Waals surface area contributed by atoms with Crippen LogP contribution in [0.5, 0.6) is 0 Å². The van der Waals surface area contributed by atoms with Gasteiger partial charge in [0.25, 0.3) is 0 Å². The van der Waals surface area contributed by atoms with Crippen molar-refractivity contribution in [1.82, 2.24) is 30.4 Å². The van der Waals surface area contributed by atoms with E-state index in [-0.39, 0.29) is 23.4 Å².